The van der Waals surface area contributed by atoms with Crippen molar-refractivity contribution < 1.29 is 0 Å². The molecule has 2 heteroatoms. The SMILES string of the molecule is CCCCCCCCc1ccc(-c2cnc(CC[C@H]3CC[C@H](CCC)CC3)nc2C)cc1. The molecule has 0 N–H and O–H groups in total. The smallest absolute Gasteiger partial charge is 0.128 e. The minimum atomic E-state index is 0.880. The van der Waals surface area contributed by atoms with Gasteiger partial charge in [-0.2, -0.15) is 0 Å². The molecule has 1 fully saturated rings. The van der Waals surface area contributed by atoms with E-state index in [9.17, 15) is 0 Å². The van der Waals surface area contributed by atoms with Gasteiger partial charge in [-0.25, -0.2) is 9.97 Å². The van der Waals surface area contributed by atoms with Gasteiger partial charge in [0.1, 0.15) is 5.82 Å². The van der Waals surface area contributed by atoms with Crippen LogP contribution in [0.4, 0.5) is 0 Å². The number of unbranched alkanes of at least 4 members (excludes halogenated alkanes) is 5. The Morgan fingerprint density at radius 3 is 2.06 bits per heavy atom. The Labute approximate surface area is 197 Å². The lowest BCUT2D eigenvalue weighted by Crippen LogP contribution is -2.15. The van der Waals surface area contributed by atoms with Crippen LogP contribution >= 0.6 is 0 Å². The van der Waals surface area contributed by atoms with Crippen molar-refractivity contribution in [1.29, 1.82) is 0 Å². The molecule has 0 radical (unpaired) electrons. The Bertz CT molecular complexity index is 772. The summed E-state index contributed by atoms with van der Waals surface area (Å²) in [5.74, 6) is 2.90. The van der Waals surface area contributed by atoms with Crippen LogP contribution in [0.25, 0.3) is 11.1 Å². The van der Waals surface area contributed by atoms with Gasteiger partial charge in [0, 0.05) is 23.9 Å². The normalized spacial score (nSPS) is 18.7. The average Bonchev–Trinajstić information content (AvgIpc) is 2.82. The van der Waals surface area contributed by atoms with Crippen molar-refractivity contribution in [3.63, 3.8) is 0 Å². The molecule has 0 aliphatic heterocycles. The summed E-state index contributed by atoms with van der Waals surface area (Å²) in [5, 5.41) is 0. The molecule has 0 bridgehead atoms. The second-order valence-corrected chi connectivity index (χ2v) is 10.2. The Morgan fingerprint density at radius 1 is 0.750 bits per heavy atom. The summed E-state index contributed by atoms with van der Waals surface area (Å²) >= 11 is 0. The average molecular weight is 435 g/mol. The van der Waals surface area contributed by atoms with Gasteiger partial charge in [-0.05, 0) is 49.1 Å². The third kappa shape index (κ3) is 8.01. The lowest BCUT2D eigenvalue weighted by atomic mass is 9.78. The lowest BCUT2D eigenvalue weighted by molar-refractivity contribution is 0.251. The number of nitrogens with zero attached hydrogens (tertiary/aromatic N) is 2. The van der Waals surface area contributed by atoms with Crippen LogP contribution in [0.1, 0.15) is 114 Å². The largest absolute Gasteiger partial charge is 0.241 e. The molecule has 1 aromatic carbocycles. The van der Waals surface area contributed by atoms with Gasteiger partial charge in [0.2, 0.25) is 0 Å². The summed E-state index contributed by atoms with van der Waals surface area (Å²) < 4.78 is 0. The van der Waals surface area contributed by atoms with E-state index >= 15 is 0 Å². The molecule has 0 unspecified atom stereocenters. The van der Waals surface area contributed by atoms with Crippen LogP contribution in [-0.4, -0.2) is 9.97 Å². The summed E-state index contributed by atoms with van der Waals surface area (Å²) in [6.07, 6.45) is 22.1. The molecular weight excluding hydrogens is 388 g/mol. The molecule has 3 rings (SSSR count). The minimum Gasteiger partial charge on any atom is -0.241 e. The maximum atomic E-state index is 4.87. The van der Waals surface area contributed by atoms with Crippen molar-refractivity contribution in [2.75, 3.05) is 0 Å². The summed E-state index contributed by atoms with van der Waals surface area (Å²) in [6, 6.07) is 9.10. The molecule has 0 saturated heterocycles. The summed E-state index contributed by atoms with van der Waals surface area (Å²) in [7, 11) is 0. The van der Waals surface area contributed by atoms with Gasteiger partial charge < -0.3 is 0 Å². The molecule has 1 heterocycles. The molecule has 0 spiro atoms. The molecule has 0 atom stereocenters. The van der Waals surface area contributed by atoms with E-state index in [1.165, 1.54) is 107 Å². The maximum absolute atomic E-state index is 4.87. The predicted molar refractivity (Wildman–Crippen MR) is 138 cm³/mol. The monoisotopic (exact) mass is 434 g/mol. The van der Waals surface area contributed by atoms with Crippen LogP contribution in [0.2, 0.25) is 0 Å². The molecule has 0 amide bonds. The number of rotatable bonds is 13. The summed E-state index contributed by atoms with van der Waals surface area (Å²) in [4.78, 5) is 9.62. The van der Waals surface area contributed by atoms with Gasteiger partial charge >= 0.3 is 0 Å². The van der Waals surface area contributed by atoms with E-state index in [0.29, 0.717) is 0 Å². The zero-order chi connectivity index (χ0) is 22.6. The third-order valence-electron chi connectivity index (χ3n) is 7.55. The van der Waals surface area contributed by atoms with Crippen molar-refractivity contribution in [2.45, 2.75) is 117 Å². The number of hydrogen-bond acceptors (Lipinski definition) is 2. The molecule has 1 saturated carbocycles. The second kappa shape index (κ2) is 13.8. The molecular formula is C30H46N2. The fourth-order valence-electron chi connectivity index (χ4n) is 5.43. The van der Waals surface area contributed by atoms with E-state index in [1.807, 2.05) is 0 Å². The molecule has 1 aliphatic rings. The number of hydrogen-bond donors (Lipinski definition) is 0. The van der Waals surface area contributed by atoms with Crippen molar-refractivity contribution in [3.05, 3.63) is 47.5 Å². The Kier molecular flexibility index (Phi) is 10.7. The van der Waals surface area contributed by atoms with Gasteiger partial charge in [0.25, 0.3) is 0 Å². The first-order valence-corrected chi connectivity index (χ1v) is 13.6. The van der Waals surface area contributed by atoms with Gasteiger partial charge in [-0.15, -0.1) is 0 Å². The molecule has 2 aromatic rings. The van der Waals surface area contributed by atoms with E-state index in [-0.39, 0.29) is 0 Å². The number of aryl methyl sites for hydroxylation is 3. The van der Waals surface area contributed by atoms with Crippen molar-refractivity contribution in [1.82, 2.24) is 9.97 Å². The first-order chi connectivity index (χ1) is 15.7. The van der Waals surface area contributed by atoms with Crippen LogP contribution in [0.3, 0.4) is 0 Å². The highest BCUT2D eigenvalue weighted by Crippen LogP contribution is 2.33. The van der Waals surface area contributed by atoms with Crippen LogP contribution in [0.15, 0.2) is 30.5 Å². The quantitative estimate of drug-likeness (QED) is 0.294. The summed E-state index contributed by atoms with van der Waals surface area (Å²) in [6.45, 7) is 6.74. The van der Waals surface area contributed by atoms with Crippen LogP contribution in [-0.2, 0) is 12.8 Å². The van der Waals surface area contributed by atoms with Crippen molar-refractivity contribution in [2.24, 2.45) is 11.8 Å². The maximum Gasteiger partial charge on any atom is 0.128 e. The zero-order valence-corrected chi connectivity index (χ0v) is 21.0. The molecule has 32 heavy (non-hydrogen) atoms. The number of benzene rings is 1. The Hall–Kier alpha value is -1.70. The van der Waals surface area contributed by atoms with Crippen molar-refractivity contribution in [3.8, 4) is 11.1 Å². The predicted octanol–water partition coefficient (Wildman–Crippen LogP) is 8.89. The highest BCUT2D eigenvalue weighted by molar-refractivity contribution is 5.65. The molecule has 176 valence electrons. The van der Waals surface area contributed by atoms with Gasteiger partial charge in [-0.1, -0.05) is 109 Å². The highest BCUT2D eigenvalue weighted by Gasteiger charge is 2.20. The van der Waals surface area contributed by atoms with Gasteiger partial charge in [-0.3, -0.25) is 0 Å². The zero-order valence-electron chi connectivity index (χ0n) is 21.0. The third-order valence-corrected chi connectivity index (χ3v) is 7.55. The van der Waals surface area contributed by atoms with Gasteiger partial charge in [0.15, 0.2) is 0 Å². The van der Waals surface area contributed by atoms with E-state index in [2.05, 4.69) is 51.2 Å². The van der Waals surface area contributed by atoms with E-state index in [4.69, 9.17) is 9.97 Å². The minimum absolute atomic E-state index is 0.880. The standard InChI is InChI=1S/C30H46N2/c1-4-6-7-8-9-10-12-26-17-20-28(21-18-26)29-23-31-30(32-24(29)3)22-19-27-15-13-25(11-5-2)14-16-27/h17-18,20-21,23,25,27H,4-16,19,22H2,1-3H3/t25-,27-. The topological polar surface area (TPSA) is 25.8 Å². The van der Waals surface area contributed by atoms with E-state index < -0.39 is 0 Å². The van der Waals surface area contributed by atoms with Crippen LogP contribution in [0, 0.1) is 18.8 Å². The fraction of sp³-hybridized carbons (Fsp3) is 0.667. The van der Waals surface area contributed by atoms with Crippen molar-refractivity contribution >= 4 is 0 Å². The lowest BCUT2D eigenvalue weighted by Gasteiger charge is -2.28. The Morgan fingerprint density at radius 2 is 1.41 bits per heavy atom. The summed E-state index contributed by atoms with van der Waals surface area (Å²) in [5.41, 5.74) is 4.99. The number of aromatic nitrogens is 2. The molecule has 2 nitrogen and oxygen atoms in total. The molecule has 1 aliphatic carbocycles. The first-order valence-electron chi connectivity index (χ1n) is 13.6. The van der Waals surface area contributed by atoms with Gasteiger partial charge in [0.05, 0.1) is 0 Å². The second-order valence-electron chi connectivity index (χ2n) is 10.2. The van der Waals surface area contributed by atoms with Crippen LogP contribution in [0.5, 0.6) is 0 Å². The Balaban J connectivity index is 1.45. The fourth-order valence-corrected chi connectivity index (χ4v) is 5.43. The van der Waals surface area contributed by atoms with E-state index in [1.54, 1.807) is 0 Å². The van der Waals surface area contributed by atoms with E-state index in [0.717, 1.165) is 29.8 Å². The van der Waals surface area contributed by atoms with Crippen LogP contribution < -0.4 is 0 Å². The molecule has 1 aromatic heterocycles. The highest BCUT2D eigenvalue weighted by atomic mass is 14.9. The first kappa shape index (κ1) is 24.9.